The van der Waals surface area contributed by atoms with Gasteiger partial charge in [0, 0.05) is 32.4 Å². The minimum absolute atomic E-state index is 0.282. The van der Waals surface area contributed by atoms with Crippen LogP contribution in [0.5, 0.6) is 0 Å². The zero-order chi connectivity index (χ0) is 14.0. The van der Waals surface area contributed by atoms with Gasteiger partial charge in [0.2, 0.25) is 10.0 Å². The molecule has 1 aliphatic heterocycles. The highest BCUT2D eigenvalue weighted by Crippen LogP contribution is 2.23. The quantitative estimate of drug-likeness (QED) is 0.871. The van der Waals surface area contributed by atoms with E-state index in [4.69, 9.17) is 0 Å². The molecule has 0 spiro atoms. The fourth-order valence-corrected chi connectivity index (χ4v) is 4.11. The molecule has 0 radical (unpaired) electrons. The normalized spacial score (nSPS) is 25.6. The van der Waals surface area contributed by atoms with E-state index in [2.05, 4.69) is 24.3 Å². The van der Waals surface area contributed by atoms with E-state index in [1.165, 1.54) is 10.9 Å². The second-order valence-corrected chi connectivity index (χ2v) is 7.08. The monoisotopic (exact) mass is 286 g/mol. The zero-order valence-electron chi connectivity index (χ0n) is 11.7. The fraction of sp³-hybridized carbons (Fsp3) is 0.750. The molecule has 2 rings (SSSR count). The number of hydrogen-bond acceptors (Lipinski definition) is 4. The Morgan fingerprint density at radius 3 is 2.79 bits per heavy atom. The molecule has 1 saturated heterocycles. The van der Waals surface area contributed by atoms with E-state index in [9.17, 15) is 8.42 Å². The van der Waals surface area contributed by atoms with Gasteiger partial charge in [-0.1, -0.05) is 13.8 Å². The topological polar surface area (TPSA) is 67.2 Å². The van der Waals surface area contributed by atoms with E-state index in [1.807, 2.05) is 0 Å². The van der Waals surface area contributed by atoms with Crippen molar-refractivity contribution >= 4 is 10.0 Å². The molecule has 0 aliphatic carbocycles. The number of nitrogens with one attached hydrogen (secondary N) is 1. The van der Waals surface area contributed by atoms with Crippen LogP contribution in [0.4, 0.5) is 0 Å². The van der Waals surface area contributed by atoms with Gasteiger partial charge in [-0.2, -0.15) is 9.40 Å². The fourth-order valence-electron chi connectivity index (χ4n) is 2.57. The van der Waals surface area contributed by atoms with E-state index in [-0.39, 0.29) is 4.90 Å². The highest BCUT2D eigenvalue weighted by Gasteiger charge is 2.33. The molecule has 1 fully saturated rings. The average Bonchev–Trinajstić information content (AvgIpc) is 2.79. The maximum Gasteiger partial charge on any atom is 0.246 e. The highest BCUT2D eigenvalue weighted by molar-refractivity contribution is 7.89. The molecule has 7 heteroatoms. The zero-order valence-corrected chi connectivity index (χ0v) is 12.5. The van der Waals surface area contributed by atoms with Crippen molar-refractivity contribution < 1.29 is 8.42 Å². The Morgan fingerprint density at radius 2 is 2.26 bits per heavy atom. The molecule has 2 atom stereocenters. The molecule has 0 amide bonds. The summed E-state index contributed by atoms with van der Waals surface area (Å²) in [5, 5.41) is 7.35. The summed E-state index contributed by atoms with van der Waals surface area (Å²) >= 11 is 0. The molecule has 0 aromatic carbocycles. The lowest BCUT2D eigenvalue weighted by Gasteiger charge is -2.36. The predicted octanol–water partition coefficient (Wildman–Crippen LogP) is 0.429. The lowest BCUT2D eigenvalue weighted by atomic mass is 9.95. The predicted molar refractivity (Wildman–Crippen MR) is 73.2 cm³/mol. The third-order valence-electron chi connectivity index (χ3n) is 3.65. The molecular weight excluding hydrogens is 264 g/mol. The third kappa shape index (κ3) is 2.98. The number of aromatic nitrogens is 2. The molecule has 1 N–H and O–H groups in total. The Bertz CT molecular complexity index is 526. The molecule has 19 heavy (non-hydrogen) atoms. The van der Waals surface area contributed by atoms with Crippen molar-refractivity contribution in [3.8, 4) is 0 Å². The van der Waals surface area contributed by atoms with Crippen LogP contribution in [0.1, 0.15) is 20.3 Å². The van der Waals surface area contributed by atoms with Crippen molar-refractivity contribution in [2.75, 3.05) is 19.6 Å². The summed E-state index contributed by atoms with van der Waals surface area (Å²) in [6, 6.07) is 0.408. The van der Waals surface area contributed by atoms with Gasteiger partial charge in [0.1, 0.15) is 4.90 Å². The first-order valence-electron chi connectivity index (χ1n) is 6.67. The Labute approximate surface area is 114 Å². The van der Waals surface area contributed by atoms with Gasteiger partial charge in [0.05, 0.1) is 6.20 Å². The molecule has 108 valence electrons. The van der Waals surface area contributed by atoms with Crippen LogP contribution < -0.4 is 5.32 Å². The van der Waals surface area contributed by atoms with Crippen LogP contribution in [-0.4, -0.2) is 48.2 Å². The van der Waals surface area contributed by atoms with Crippen LogP contribution in [0.15, 0.2) is 17.3 Å². The van der Waals surface area contributed by atoms with E-state index in [0.717, 1.165) is 13.0 Å². The van der Waals surface area contributed by atoms with Crippen molar-refractivity contribution in [3.63, 3.8) is 0 Å². The van der Waals surface area contributed by atoms with Crippen molar-refractivity contribution in [1.29, 1.82) is 0 Å². The SMILES string of the molecule is CCNC1CCN(S(=O)(=O)c2cnn(C)c2)CC1C. The Kier molecular flexibility index (Phi) is 4.27. The van der Waals surface area contributed by atoms with Crippen molar-refractivity contribution in [1.82, 2.24) is 19.4 Å². The summed E-state index contributed by atoms with van der Waals surface area (Å²) in [5.74, 6) is 0.320. The van der Waals surface area contributed by atoms with Gasteiger partial charge in [-0.05, 0) is 18.9 Å². The summed E-state index contributed by atoms with van der Waals surface area (Å²) in [7, 11) is -1.67. The summed E-state index contributed by atoms with van der Waals surface area (Å²) in [5.41, 5.74) is 0. The second kappa shape index (κ2) is 5.60. The standard InChI is InChI=1S/C12H22N4O2S/c1-4-13-12-5-6-16(8-10(12)2)19(17,18)11-7-14-15(3)9-11/h7,9-10,12-13H,4-6,8H2,1-3H3. The van der Waals surface area contributed by atoms with E-state index in [0.29, 0.717) is 25.0 Å². The molecule has 1 aromatic rings. The summed E-state index contributed by atoms with van der Waals surface area (Å²) in [6.45, 7) is 6.22. The minimum atomic E-state index is -3.39. The number of piperidine rings is 1. The van der Waals surface area contributed by atoms with Gasteiger partial charge in [-0.25, -0.2) is 8.42 Å². The maximum absolute atomic E-state index is 12.5. The van der Waals surface area contributed by atoms with Gasteiger partial charge in [-0.15, -0.1) is 0 Å². The lowest BCUT2D eigenvalue weighted by molar-refractivity contribution is 0.222. The molecule has 2 heterocycles. The number of rotatable bonds is 4. The summed E-state index contributed by atoms with van der Waals surface area (Å²) in [4.78, 5) is 0.282. The minimum Gasteiger partial charge on any atom is -0.314 e. The summed E-state index contributed by atoms with van der Waals surface area (Å²) in [6.07, 6.45) is 3.82. The molecule has 6 nitrogen and oxygen atoms in total. The maximum atomic E-state index is 12.5. The highest BCUT2D eigenvalue weighted by atomic mass is 32.2. The van der Waals surface area contributed by atoms with Crippen LogP contribution in [0.3, 0.4) is 0 Å². The van der Waals surface area contributed by atoms with Crippen LogP contribution in [0, 0.1) is 5.92 Å². The molecule has 0 bridgehead atoms. The molecule has 0 saturated carbocycles. The van der Waals surface area contributed by atoms with Gasteiger partial charge < -0.3 is 5.32 Å². The molecule has 1 aromatic heterocycles. The van der Waals surface area contributed by atoms with Gasteiger partial charge in [0.15, 0.2) is 0 Å². The molecular formula is C12H22N4O2S. The average molecular weight is 286 g/mol. The Balaban J connectivity index is 2.11. The first-order chi connectivity index (χ1) is 8.95. The Morgan fingerprint density at radius 1 is 1.53 bits per heavy atom. The number of sulfonamides is 1. The first-order valence-corrected chi connectivity index (χ1v) is 8.11. The molecule has 2 unspecified atom stereocenters. The van der Waals surface area contributed by atoms with Crippen LogP contribution in [0.2, 0.25) is 0 Å². The first kappa shape index (κ1) is 14.5. The summed E-state index contributed by atoms with van der Waals surface area (Å²) < 4.78 is 28.0. The van der Waals surface area contributed by atoms with Crippen molar-refractivity contribution in [2.45, 2.75) is 31.2 Å². The van der Waals surface area contributed by atoms with Gasteiger partial charge in [-0.3, -0.25) is 4.68 Å². The second-order valence-electron chi connectivity index (χ2n) is 5.14. The van der Waals surface area contributed by atoms with Crippen LogP contribution in [0.25, 0.3) is 0 Å². The smallest absolute Gasteiger partial charge is 0.246 e. The Hall–Kier alpha value is -0.920. The molecule has 1 aliphatic rings. The third-order valence-corrected chi connectivity index (χ3v) is 5.47. The largest absolute Gasteiger partial charge is 0.314 e. The van der Waals surface area contributed by atoms with Gasteiger partial charge in [0.25, 0.3) is 0 Å². The van der Waals surface area contributed by atoms with E-state index in [1.54, 1.807) is 17.5 Å². The number of aryl methyl sites for hydroxylation is 1. The number of hydrogen-bond donors (Lipinski definition) is 1. The van der Waals surface area contributed by atoms with E-state index >= 15 is 0 Å². The van der Waals surface area contributed by atoms with Crippen LogP contribution >= 0.6 is 0 Å². The van der Waals surface area contributed by atoms with Crippen molar-refractivity contribution in [2.24, 2.45) is 13.0 Å². The van der Waals surface area contributed by atoms with Crippen molar-refractivity contribution in [3.05, 3.63) is 12.4 Å². The van der Waals surface area contributed by atoms with Gasteiger partial charge >= 0.3 is 0 Å². The van der Waals surface area contributed by atoms with Crippen LogP contribution in [-0.2, 0) is 17.1 Å². The lowest BCUT2D eigenvalue weighted by Crippen LogP contribution is -2.49. The number of nitrogens with zero attached hydrogens (tertiary/aromatic N) is 3. The van der Waals surface area contributed by atoms with E-state index < -0.39 is 10.0 Å².